The van der Waals surface area contributed by atoms with Crippen LogP contribution < -0.4 is 10.5 Å². The van der Waals surface area contributed by atoms with Crippen molar-refractivity contribution >= 4 is 28.0 Å². The Hall–Kier alpha value is -3.43. The molecule has 0 bridgehead atoms. The number of aryl methyl sites for hydroxylation is 1. The molecule has 1 aliphatic carbocycles. The summed E-state index contributed by atoms with van der Waals surface area (Å²) in [4.78, 5) is 24.9. The SMILES string of the molecule is COc1cc(C(=O)N2C[C@@H](N)CC[C@H]2CO)cc2nc(-c3cc4cccnc4n3CC3CC3)n(C)c12. The number of pyridine rings is 1. The van der Waals surface area contributed by atoms with Crippen LogP contribution in [0.4, 0.5) is 0 Å². The molecule has 0 spiro atoms. The van der Waals surface area contributed by atoms with E-state index < -0.39 is 0 Å². The lowest BCUT2D eigenvalue weighted by molar-refractivity contribution is 0.0472. The van der Waals surface area contributed by atoms with Crippen LogP contribution >= 0.6 is 0 Å². The Bertz CT molecular complexity index is 1450. The molecule has 1 saturated carbocycles. The number of hydrogen-bond donors (Lipinski definition) is 2. The second-order valence-electron chi connectivity index (χ2n) is 10.2. The van der Waals surface area contributed by atoms with Crippen molar-refractivity contribution in [1.82, 2.24) is 24.0 Å². The first kappa shape index (κ1) is 23.0. The van der Waals surface area contributed by atoms with E-state index in [4.69, 9.17) is 15.5 Å². The molecular formula is C27H32N6O3. The van der Waals surface area contributed by atoms with Crippen molar-refractivity contribution < 1.29 is 14.6 Å². The van der Waals surface area contributed by atoms with Gasteiger partial charge in [0, 0.05) is 43.3 Å². The Kier molecular flexibility index (Phi) is 5.69. The number of benzene rings is 1. The van der Waals surface area contributed by atoms with Gasteiger partial charge in [-0.05, 0) is 61.9 Å². The summed E-state index contributed by atoms with van der Waals surface area (Å²) in [5.74, 6) is 1.90. The number of carbonyl (C=O) groups excluding carboxylic acids is 1. The summed E-state index contributed by atoms with van der Waals surface area (Å²) in [6.45, 7) is 1.26. The van der Waals surface area contributed by atoms with Crippen LogP contribution in [0, 0.1) is 5.92 Å². The molecule has 4 aromatic rings. The fourth-order valence-corrected chi connectivity index (χ4v) is 5.49. The van der Waals surface area contributed by atoms with E-state index in [0.717, 1.165) is 41.0 Å². The van der Waals surface area contributed by atoms with Crippen LogP contribution in [0.25, 0.3) is 33.6 Å². The highest BCUT2D eigenvalue weighted by atomic mass is 16.5. The number of aliphatic hydroxyl groups excluding tert-OH is 1. The molecule has 6 rings (SSSR count). The number of piperidine rings is 1. The third kappa shape index (κ3) is 3.83. The van der Waals surface area contributed by atoms with Crippen LogP contribution in [0.2, 0.25) is 0 Å². The number of aliphatic hydroxyl groups is 1. The van der Waals surface area contributed by atoms with Crippen molar-refractivity contribution in [3.05, 3.63) is 42.1 Å². The Labute approximate surface area is 209 Å². The van der Waals surface area contributed by atoms with Crippen LogP contribution in [0.5, 0.6) is 5.75 Å². The van der Waals surface area contributed by atoms with E-state index in [2.05, 4.69) is 21.7 Å². The molecule has 1 aromatic carbocycles. The van der Waals surface area contributed by atoms with Gasteiger partial charge in [0.25, 0.3) is 5.91 Å². The van der Waals surface area contributed by atoms with Crippen LogP contribution in [0.3, 0.4) is 0 Å². The molecule has 9 heteroatoms. The van der Waals surface area contributed by atoms with E-state index in [9.17, 15) is 9.90 Å². The molecule has 4 heterocycles. The van der Waals surface area contributed by atoms with E-state index in [0.29, 0.717) is 35.7 Å². The van der Waals surface area contributed by atoms with Gasteiger partial charge in [-0.2, -0.15) is 0 Å². The molecule has 188 valence electrons. The lowest BCUT2D eigenvalue weighted by Gasteiger charge is -2.37. The number of carbonyl (C=O) groups is 1. The number of likely N-dealkylation sites (tertiary alicyclic amines) is 1. The molecule has 9 nitrogen and oxygen atoms in total. The lowest BCUT2D eigenvalue weighted by Crippen LogP contribution is -2.52. The number of methoxy groups -OCH3 is 1. The largest absolute Gasteiger partial charge is 0.494 e. The van der Waals surface area contributed by atoms with Crippen LogP contribution in [-0.4, -0.2) is 67.4 Å². The predicted molar refractivity (Wildman–Crippen MR) is 138 cm³/mol. The Morgan fingerprint density at radius 3 is 2.81 bits per heavy atom. The van der Waals surface area contributed by atoms with E-state index in [1.807, 2.05) is 29.9 Å². The van der Waals surface area contributed by atoms with Gasteiger partial charge in [-0.25, -0.2) is 9.97 Å². The molecule has 36 heavy (non-hydrogen) atoms. The van der Waals surface area contributed by atoms with Gasteiger partial charge in [0.15, 0.2) is 5.82 Å². The molecule has 2 fully saturated rings. The number of hydrogen-bond acceptors (Lipinski definition) is 6. The smallest absolute Gasteiger partial charge is 0.254 e. The summed E-state index contributed by atoms with van der Waals surface area (Å²) < 4.78 is 10.1. The fraction of sp³-hybridized carbons (Fsp3) is 0.444. The second kappa shape index (κ2) is 8.90. The minimum absolute atomic E-state index is 0.0782. The highest BCUT2D eigenvalue weighted by molar-refractivity contribution is 6.00. The summed E-state index contributed by atoms with van der Waals surface area (Å²) in [6.07, 6.45) is 5.80. The van der Waals surface area contributed by atoms with Crippen LogP contribution in [0.1, 0.15) is 36.0 Å². The van der Waals surface area contributed by atoms with Crippen LogP contribution in [0.15, 0.2) is 36.5 Å². The zero-order valence-electron chi connectivity index (χ0n) is 20.7. The predicted octanol–water partition coefficient (Wildman–Crippen LogP) is 2.93. The van der Waals surface area contributed by atoms with Crippen molar-refractivity contribution in [2.75, 3.05) is 20.3 Å². The molecule has 1 amide bonds. The number of amides is 1. The highest BCUT2D eigenvalue weighted by Crippen LogP contribution is 2.37. The van der Waals surface area contributed by atoms with E-state index in [1.165, 1.54) is 12.8 Å². The van der Waals surface area contributed by atoms with Crippen molar-refractivity contribution in [3.8, 4) is 17.3 Å². The molecule has 1 saturated heterocycles. The van der Waals surface area contributed by atoms with Gasteiger partial charge in [0.2, 0.25) is 0 Å². The third-order valence-electron chi connectivity index (χ3n) is 7.64. The summed E-state index contributed by atoms with van der Waals surface area (Å²) in [5, 5.41) is 10.9. The van der Waals surface area contributed by atoms with Crippen molar-refractivity contribution in [3.63, 3.8) is 0 Å². The summed E-state index contributed by atoms with van der Waals surface area (Å²) >= 11 is 0. The molecule has 3 aromatic heterocycles. The fourth-order valence-electron chi connectivity index (χ4n) is 5.49. The molecule has 0 radical (unpaired) electrons. The topological polar surface area (TPSA) is 111 Å². The summed E-state index contributed by atoms with van der Waals surface area (Å²) in [7, 11) is 3.59. The van der Waals surface area contributed by atoms with Gasteiger partial charge < -0.3 is 29.6 Å². The van der Waals surface area contributed by atoms with Crippen molar-refractivity contribution in [1.29, 1.82) is 0 Å². The maximum absolute atomic E-state index is 13.5. The number of rotatable bonds is 6. The monoisotopic (exact) mass is 488 g/mol. The Morgan fingerprint density at radius 2 is 2.06 bits per heavy atom. The molecule has 1 aliphatic heterocycles. The maximum Gasteiger partial charge on any atom is 0.254 e. The second-order valence-corrected chi connectivity index (χ2v) is 10.2. The number of nitrogens with two attached hydrogens (primary N) is 1. The zero-order chi connectivity index (χ0) is 25.0. The number of aromatic nitrogens is 4. The van der Waals surface area contributed by atoms with E-state index in [1.54, 1.807) is 18.1 Å². The highest BCUT2D eigenvalue weighted by Gasteiger charge is 2.32. The molecular weight excluding hydrogens is 456 g/mol. The normalized spacial score (nSPS) is 20.4. The molecule has 2 atom stereocenters. The first-order chi connectivity index (χ1) is 17.5. The van der Waals surface area contributed by atoms with E-state index in [-0.39, 0.29) is 24.6 Å². The van der Waals surface area contributed by atoms with Gasteiger partial charge in [-0.15, -0.1) is 0 Å². The number of imidazole rings is 1. The van der Waals surface area contributed by atoms with Gasteiger partial charge in [-0.3, -0.25) is 4.79 Å². The van der Waals surface area contributed by atoms with Gasteiger partial charge in [0.1, 0.15) is 16.9 Å². The molecule has 2 aliphatic rings. The van der Waals surface area contributed by atoms with Gasteiger partial charge in [0.05, 0.1) is 31.0 Å². The van der Waals surface area contributed by atoms with Gasteiger partial charge in [-0.1, -0.05) is 0 Å². The lowest BCUT2D eigenvalue weighted by atomic mass is 9.98. The van der Waals surface area contributed by atoms with E-state index >= 15 is 0 Å². The van der Waals surface area contributed by atoms with Crippen LogP contribution in [-0.2, 0) is 13.6 Å². The Morgan fingerprint density at radius 1 is 1.22 bits per heavy atom. The number of ether oxygens (including phenoxy) is 1. The summed E-state index contributed by atoms with van der Waals surface area (Å²) in [5.41, 5.74) is 10.1. The van der Waals surface area contributed by atoms with Crippen molar-refractivity contribution in [2.24, 2.45) is 18.7 Å². The van der Waals surface area contributed by atoms with Crippen molar-refractivity contribution in [2.45, 2.75) is 44.3 Å². The average Bonchev–Trinajstić information content (AvgIpc) is 3.56. The minimum Gasteiger partial charge on any atom is -0.494 e. The Balaban J connectivity index is 1.47. The maximum atomic E-state index is 13.5. The standard InChI is InChI=1S/C27H32N6O3/c1-31-24-21(10-18(12-23(24)36-2)27(35)32-14-19(28)7-8-20(32)15-34)30-26(31)22-11-17-4-3-9-29-25(17)33(22)13-16-5-6-16/h3-4,9-12,16,19-20,34H,5-8,13-15,28H2,1-2H3/t19-,20-/m0/s1. The number of nitrogens with zero attached hydrogens (tertiary/aromatic N) is 5. The third-order valence-corrected chi connectivity index (χ3v) is 7.64. The first-order valence-electron chi connectivity index (χ1n) is 12.6. The molecule has 0 unspecified atom stereocenters. The average molecular weight is 489 g/mol. The molecule has 3 N–H and O–H groups in total. The number of fused-ring (bicyclic) bond motifs is 2. The zero-order valence-corrected chi connectivity index (χ0v) is 20.7. The summed E-state index contributed by atoms with van der Waals surface area (Å²) in [6, 6.07) is 9.45. The minimum atomic E-state index is -0.232. The first-order valence-corrected chi connectivity index (χ1v) is 12.6. The van der Waals surface area contributed by atoms with Gasteiger partial charge >= 0.3 is 0 Å². The quantitative estimate of drug-likeness (QED) is 0.432.